The van der Waals surface area contributed by atoms with E-state index < -0.39 is 0 Å². The van der Waals surface area contributed by atoms with Crippen LogP contribution in [0, 0.1) is 0 Å². The SMILES string of the molecule is COc1ccc(SC(C)C(=O)Nc2ccc(OCc3ccccc3)cc2)cc1OC. The zero-order valence-corrected chi connectivity index (χ0v) is 18.1. The highest BCUT2D eigenvalue weighted by atomic mass is 32.2. The quantitative estimate of drug-likeness (QED) is 0.467. The molecule has 0 fully saturated rings. The molecule has 0 saturated carbocycles. The van der Waals surface area contributed by atoms with Gasteiger partial charge in [-0.1, -0.05) is 30.3 Å². The van der Waals surface area contributed by atoms with Gasteiger partial charge in [-0.05, 0) is 55.0 Å². The van der Waals surface area contributed by atoms with Crippen molar-refractivity contribution in [3.63, 3.8) is 0 Å². The Morgan fingerprint density at radius 1 is 0.933 bits per heavy atom. The topological polar surface area (TPSA) is 56.8 Å². The molecule has 1 amide bonds. The van der Waals surface area contributed by atoms with E-state index in [1.807, 2.05) is 79.7 Å². The summed E-state index contributed by atoms with van der Waals surface area (Å²) in [5, 5.41) is 2.66. The fourth-order valence-electron chi connectivity index (χ4n) is 2.77. The minimum absolute atomic E-state index is 0.0762. The molecule has 30 heavy (non-hydrogen) atoms. The molecule has 0 radical (unpaired) electrons. The summed E-state index contributed by atoms with van der Waals surface area (Å²) >= 11 is 1.46. The highest BCUT2D eigenvalue weighted by molar-refractivity contribution is 8.00. The van der Waals surface area contributed by atoms with Gasteiger partial charge in [0.15, 0.2) is 11.5 Å². The number of methoxy groups -OCH3 is 2. The lowest BCUT2D eigenvalue weighted by molar-refractivity contribution is -0.115. The minimum atomic E-state index is -0.280. The lowest BCUT2D eigenvalue weighted by atomic mass is 10.2. The maximum absolute atomic E-state index is 12.6. The van der Waals surface area contributed by atoms with E-state index in [1.54, 1.807) is 14.2 Å². The Morgan fingerprint density at radius 2 is 1.63 bits per heavy atom. The molecule has 0 bridgehead atoms. The molecule has 5 nitrogen and oxygen atoms in total. The maximum Gasteiger partial charge on any atom is 0.237 e. The third-order valence-corrected chi connectivity index (χ3v) is 5.50. The molecule has 1 atom stereocenters. The van der Waals surface area contributed by atoms with Crippen LogP contribution < -0.4 is 19.5 Å². The van der Waals surface area contributed by atoms with E-state index in [4.69, 9.17) is 14.2 Å². The van der Waals surface area contributed by atoms with E-state index in [1.165, 1.54) is 11.8 Å². The van der Waals surface area contributed by atoms with E-state index in [9.17, 15) is 4.79 Å². The Balaban J connectivity index is 1.53. The van der Waals surface area contributed by atoms with E-state index in [0.29, 0.717) is 18.1 Å². The van der Waals surface area contributed by atoms with Crippen molar-refractivity contribution in [2.24, 2.45) is 0 Å². The van der Waals surface area contributed by atoms with Crippen LogP contribution in [0.1, 0.15) is 12.5 Å². The van der Waals surface area contributed by atoms with Gasteiger partial charge in [-0.25, -0.2) is 0 Å². The molecule has 6 heteroatoms. The van der Waals surface area contributed by atoms with Gasteiger partial charge >= 0.3 is 0 Å². The van der Waals surface area contributed by atoms with Crippen LogP contribution in [0.3, 0.4) is 0 Å². The molecule has 0 saturated heterocycles. The highest BCUT2D eigenvalue weighted by Gasteiger charge is 2.16. The average molecular weight is 424 g/mol. The number of benzene rings is 3. The standard InChI is InChI=1S/C24H25NO4S/c1-17(30-21-13-14-22(27-2)23(15-21)28-3)24(26)25-19-9-11-20(12-10-19)29-16-18-7-5-4-6-8-18/h4-15,17H,16H2,1-3H3,(H,25,26). The summed E-state index contributed by atoms with van der Waals surface area (Å²) in [6, 6.07) is 23.0. The summed E-state index contributed by atoms with van der Waals surface area (Å²) < 4.78 is 16.4. The number of hydrogen-bond acceptors (Lipinski definition) is 5. The van der Waals surface area contributed by atoms with Crippen LogP contribution in [-0.2, 0) is 11.4 Å². The summed E-state index contributed by atoms with van der Waals surface area (Å²) in [6.07, 6.45) is 0. The molecule has 0 aliphatic carbocycles. The van der Waals surface area contributed by atoms with Crippen molar-refractivity contribution in [1.29, 1.82) is 0 Å². The summed E-state index contributed by atoms with van der Waals surface area (Å²) in [6.45, 7) is 2.37. The smallest absolute Gasteiger partial charge is 0.237 e. The molecule has 1 N–H and O–H groups in total. The summed E-state index contributed by atoms with van der Waals surface area (Å²) in [7, 11) is 3.19. The second-order valence-electron chi connectivity index (χ2n) is 6.56. The lowest BCUT2D eigenvalue weighted by Crippen LogP contribution is -2.22. The van der Waals surface area contributed by atoms with Crippen LogP contribution in [-0.4, -0.2) is 25.4 Å². The van der Waals surface area contributed by atoms with E-state index in [-0.39, 0.29) is 11.2 Å². The molecular formula is C24H25NO4S. The largest absolute Gasteiger partial charge is 0.493 e. The fraction of sp³-hybridized carbons (Fsp3) is 0.208. The molecular weight excluding hydrogens is 398 g/mol. The van der Waals surface area contributed by atoms with Crippen molar-refractivity contribution in [3.8, 4) is 17.2 Å². The molecule has 0 spiro atoms. The predicted molar refractivity (Wildman–Crippen MR) is 121 cm³/mol. The summed E-state index contributed by atoms with van der Waals surface area (Å²) in [5.41, 5.74) is 1.84. The monoisotopic (exact) mass is 423 g/mol. The number of nitrogens with one attached hydrogen (secondary N) is 1. The molecule has 0 aliphatic rings. The number of thioether (sulfide) groups is 1. The Bertz CT molecular complexity index is 961. The Labute approximate surface area is 181 Å². The molecule has 3 aromatic carbocycles. The lowest BCUT2D eigenvalue weighted by Gasteiger charge is -2.14. The molecule has 3 aromatic rings. The zero-order chi connectivity index (χ0) is 21.3. The van der Waals surface area contributed by atoms with Crippen molar-refractivity contribution in [1.82, 2.24) is 0 Å². The first-order valence-corrected chi connectivity index (χ1v) is 10.4. The Morgan fingerprint density at radius 3 is 2.30 bits per heavy atom. The molecule has 0 aromatic heterocycles. The summed E-state index contributed by atoms with van der Waals surface area (Å²) in [4.78, 5) is 13.5. The van der Waals surface area contributed by atoms with Crippen molar-refractivity contribution in [2.75, 3.05) is 19.5 Å². The van der Waals surface area contributed by atoms with Crippen molar-refractivity contribution < 1.29 is 19.0 Å². The van der Waals surface area contributed by atoms with Crippen molar-refractivity contribution >= 4 is 23.4 Å². The summed E-state index contributed by atoms with van der Waals surface area (Å²) in [5.74, 6) is 1.98. The fourth-order valence-corrected chi connectivity index (χ4v) is 3.66. The van der Waals surface area contributed by atoms with Crippen LogP contribution in [0.15, 0.2) is 77.7 Å². The zero-order valence-electron chi connectivity index (χ0n) is 17.3. The molecule has 0 aliphatic heterocycles. The number of hydrogen-bond donors (Lipinski definition) is 1. The number of carbonyl (C=O) groups is 1. The first-order chi connectivity index (χ1) is 14.6. The van der Waals surface area contributed by atoms with E-state index >= 15 is 0 Å². The van der Waals surface area contributed by atoms with Crippen LogP contribution >= 0.6 is 11.8 Å². The van der Waals surface area contributed by atoms with Gasteiger partial charge in [0.2, 0.25) is 5.91 Å². The highest BCUT2D eigenvalue weighted by Crippen LogP contribution is 2.33. The number of rotatable bonds is 9. The minimum Gasteiger partial charge on any atom is -0.493 e. The number of ether oxygens (including phenoxy) is 3. The normalized spacial score (nSPS) is 11.4. The predicted octanol–water partition coefficient (Wildman–Crippen LogP) is 5.40. The second kappa shape index (κ2) is 10.6. The van der Waals surface area contributed by atoms with Gasteiger partial charge in [0.05, 0.1) is 19.5 Å². The number of amides is 1. The van der Waals surface area contributed by atoms with Gasteiger partial charge in [0, 0.05) is 10.6 Å². The van der Waals surface area contributed by atoms with Gasteiger partial charge in [-0.2, -0.15) is 0 Å². The number of carbonyl (C=O) groups excluding carboxylic acids is 1. The molecule has 1 unspecified atom stereocenters. The van der Waals surface area contributed by atoms with E-state index in [2.05, 4.69) is 5.32 Å². The van der Waals surface area contributed by atoms with Gasteiger partial charge in [-0.3, -0.25) is 4.79 Å². The average Bonchev–Trinajstić information content (AvgIpc) is 2.79. The first kappa shape index (κ1) is 21.6. The number of anilines is 1. The Hall–Kier alpha value is -3.12. The second-order valence-corrected chi connectivity index (χ2v) is 7.98. The molecule has 156 valence electrons. The van der Waals surface area contributed by atoms with Crippen molar-refractivity contribution in [3.05, 3.63) is 78.4 Å². The Kier molecular flexibility index (Phi) is 7.63. The van der Waals surface area contributed by atoms with Gasteiger partial charge in [-0.15, -0.1) is 11.8 Å². The van der Waals surface area contributed by atoms with E-state index in [0.717, 1.165) is 21.9 Å². The van der Waals surface area contributed by atoms with Crippen LogP contribution in [0.4, 0.5) is 5.69 Å². The molecule has 3 rings (SSSR count). The van der Waals surface area contributed by atoms with Gasteiger partial charge < -0.3 is 19.5 Å². The van der Waals surface area contributed by atoms with Gasteiger partial charge in [0.1, 0.15) is 12.4 Å². The van der Waals surface area contributed by atoms with Gasteiger partial charge in [0.25, 0.3) is 0 Å². The first-order valence-electron chi connectivity index (χ1n) is 9.55. The van der Waals surface area contributed by atoms with Crippen LogP contribution in [0.2, 0.25) is 0 Å². The molecule has 0 heterocycles. The van der Waals surface area contributed by atoms with Crippen LogP contribution in [0.5, 0.6) is 17.2 Å². The van der Waals surface area contributed by atoms with Crippen LogP contribution in [0.25, 0.3) is 0 Å². The maximum atomic E-state index is 12.6. The third kappa shape index (κ3) is 5.94. The van der Waals surface area contributed by atoms with Crippen molar-refractivity contribution in [2.45, 2.75) is 23.7 Å². The third-order valence-electron chi connectivity index (χ3n) is 4.41.